The van der Waals surface area contributed by atoms with E-state index >= 15 is 0 Å². The molecule has 0 spiro atoms. The summed E-state index contributed by atoms with van der Waals surface area (Å²) in [6.45, 7) is 17.2. The van der Waals surface area contributed by atoms with E-state index in [0.29, 0.717) is 31.5 Å². The molecule has 362 valence electrons. The Morgan fingerprint density at radius 3 is 2.18 bits per heavy atom. The molecule has 0 bridgehead atoms. The van der Waals surface area contributed by atoms with Gasteiger partial charge in [0, 0.05) is 53.0 Å². The van der Waals surface area contributed by atoms with E-state index in [1.807, 2.05) is 58.0 Å². The number of hydrogen-bond acceptors (Lipinski definition) is 13. The fourth-order valence-corrected chi connectivity index (χ4v) is 8.16. The minimum Gasteiger partial charge on any atom is -0.467 e. The molecule has 65 heavy (non-hydrogen) atoms. The quantitative estimate of drug-likeness (QED) is 0.0905. The summed E-state index contributed by atoms with van der Waals surface area (Å²) in [7, 11) is 6.03. The second-order valence-corrected chi connectivity index (χ2v) is 18.1. The number of aromatic nitrogens is 2. The van der Waals surface area contributed by atoms with Crippen molar-refractivity contribution in [3.05, 3.63) is 53.3 Å². The number of nitrogens with one attached hydrogen (secondary N) is 4. The van der Waals surface area contributed by atoms with Crippen LogP contribution in [0.1, 0.15) is 103 Å². The zero-order valence-corrected chi connectivity index (χ0v) is 40.7. The number of hydrogen-bond donors (Lipinski definition) is 4. The number of aryl methyl sites for hydroxylation is 1. The van der Waals surface area contributed by atoms with Crippen LogP contribution in [0.3, 0.4) is 0 Å². The lowest BCUT2D eigenvalue weighted by Gasteiger charge is -2.40. The topological polar surface area (TPSA) is 220 Å². The number of carbonyl (C=O) groups excluding carboxylic acids is 6. The molecule has 0 saturated carbocycles. The van der Waals surface area contributed by atoms with Crippen molar-refractivity contribution >= 4 is 41.6 Å². The highest BCUT2D eigenvalue weighted by Gasteiger charge is 2.43. The number of nitrogens with zero attached hydrogens (tertiary/aromatic N) is 4. The van der Waals surface area contributed by atoms with Gasteiger partial charge in [-0.15, -0.1) is 0 Å². The molecule has 0 aliphatic carbocycles. The van der Waals surface area contributed by atoms with Crippen LogP contribution in [0, 0.1) is 24.7 Å². The molecule has 1 aliphatic heterocycles. The third-order valence-corrected chi connectivity index (χ3v) is 11.7. The van der Waals surface area contributed by atoms with E-state index in [1.54, 1.807) is 51.5 Å². The van der Waals surface area contributed by atoms with Gasteiger partial charge in [0.05, 0.1) is 43.7 Å². The Balaban J connectivity index is 1.76. The minimum absolute atomic E-state index is 0.0370. The standard InChI is InChI=1S/C47H74N8O10/c1-14-29(4)39(54(10)43(59)38(28(2)3)53-45-50-30(5)25-33(52-45)42(58)48-22-23-49-46(61)65-47(7,8)9)36(62-11)27-37(56)55-24-18-21-35(55)40(63-12)31(6)41(57)51-34(44(60)64-13)26-32-19-16-15-17-20-32/h15-17,19-20,25,28-29,31,34-36,38-40H,14,18,21-24,26-27H2,1-13H3,(H,48,58)(H,49,61)(H,51,57)(H,50,52,53)/t29-,31+,34?,35?,36+,38?,39-,40+/m0/s1. The Kier molecular flexibility index (Phi) is 21.1. The number of likely N-dealkylation sites (tertiary alicyclic amines) is 1. The summed E-state index contributed by atoms with van der Waals surface area (Å²) in [6, 6.07) is 8.18. The molecule has 1 aromatic carbocycles. The summed E-state index contributed by atoms with van der Waals surface area (Å²) >= 11 is 0. The maximum atomic E-state index is 14.5. The van der Waals surface area contributed by atoms with E-state index in [9.17, 15) is 28.8 Å². The van der Waals surface area contributed by atoms with Gasteiger partial charge < -0.3 is 50.0 Å². The highest BCUT2D eigenvalue weighted by molar-refractivity contribution is 5.93. The first-order chi connectivity index (χ1) is 30.6. The van der Waals surface area contributed by atoms with Crippen LogP contribution in [0.5, 0.6) is 0 Å². The molecule has 4 N–H and O–H groups in total. The Hall–Kier alpha value is -5.36. The number of anilines is 1. The first kappa shape index (κ1) is 54.0. The molecule has 1 aliphatic rings. The molecule has 1 saturated heterocycles. The van der Waals surface area contributed by atoms with Crippen molar-refractivity contribution in [3.63, 3.8) is 0 Å². The van der Waals surface area contributed by atoms with Crippen LogP contribution >= 0.6 is 0 Å². The summed E-state index contributed by atoms with van der Waals surface area (Å²) in [5.41, 5.74) is 0.782. The number of carbonyl (C=O) groups is 6. The summed E-state index contributed by atoms with van der Waals surface area (Å²) in [5.74, 6) is -2.90. The van der Waals surface area contributed by atoms with Gasteiger partial charge in [0.25, 0.3) is 5.91 Å². The zero-order chi connectivity index (χ0) is 48.6. The maximum absolute atomic E-state index is 14.5. The second-order valence-electron chi connectivity index (χ2n) is 18.1. The third-order valence-electron chi connectivity index (χ3n) is 11.7. The second kappa shape index (κ2) is 25.4. The maximum Gasteiger partial charge on any atom is 0.407 e. The van der Waals surface area contributed by atoms with E-state index in [2.05, 4.69) is 31.2 Å². The first-order valence-corrected chi connectivity index (χ1v) is 22.6. The van der Waals surface area contributed by atoms with E-state index in [0.717, 1.165) is 5.56 Å². The van der Waals surface area contributed by atoms with Gasteiger partial charge >= 0.3 is 12.1 Å². The van der Waals surface area contributed by atoms with Gasteiger partial charge in [-0.3, -0.25) is 19.2 Å². The monoisotopic (exact) mass is 911 g/mol. The lowest BCUT2D eigenvalue weighted by atomic mass is 9.89. The SMILES string of the molecule is CC[C@H](C)[C@@H]([C@@H](CC(=O)N1CCCC1[C@H](OC)[C@@H](C)C(=O)NC(Cc1ccccc1)C(=O)OC)OC)N(C)C(=O)C(Nc1nc(C)cc(C(=O)NCCNC(=O)OC(C)(C)C)n1)C(C)C. The Morgan fingerprint density at radius 1 is 0.938 bits per heavy atom. The van der Waals surface area contributed by atoms with E-state index in [4.69, 9.17) is 18.9 Å². The molecule has 3 rings (SSSR count). The van der Waals surface area contributed by atoms with Crippen molar-refractivity contribution in [2.24, 2.45) is 17.8 Å². The van der Waals surface area contributed by atoms with Crippen LogP contribution in [-0.2, 0) is 44.5 Å². The van der Waals surface area contributed by atoms with Gasteiger partial charge in [0.15, 0.2) is 0 Å². The number of alkyl carbamates (subject to hydrolysis) is 1. The molecule has 1 aromatic heterocycles. The van der Waals surface area contributed by atoms with Gasteiger partial charge in [-0.2, -0.15) is 0 Å². The summed E-state index contributed by atoms with van der Waals surface area (Å²) in [4.78, 5) is 92.8. The fourth-order valence-electron chi connectivity index (χ4n) is 8.16. The van der Waals surface area contributed by atoms with E-state index in [1.165, 1.54) is 27.4 Å². The van der Waals surface area contributed by atoms with Crippen molar-refractivity contribution in [1.29, 1.82) is 0 Å². The molecule has 18 nitrogen and oxygen atoms in total. The van der Waals surface area contributed by atoms with Crippen molar-refractivity contribution in [2.45, 2.75) is 136 Å². The minimum atomic E-state index is -0.915. The third kappa shape index (κ3) is 15.9. The van der Waals surface area contributed by atoms with E-state index < -0.39 is 71.8 Å². The summed E-state index contributed by atoms with van der Waals surface area (Å²) < 4.78 is 22.2. The number of amides is 5. The largest absolute Gasteiger partial charge is 0.467 e. The molecule has 1 fully saturated rings. The van der Waals surface area contributed by atoms with Gasteiger partial charge in [-0.1, -0.05) is 71.4 Å². The molecule has 3 unspecified atom stereocenters. The molecular weight excluding hydrogens is 837 g/mol. The van der Waals surface area contributed by atoms with Crippen molar-refractivity contribution in [1.82, 2.24) is 35.7 Å². The average molecular weight is 911 g/mol. The molecule has 2 aromatic rings. The normalized spacial score (nSPS) is 17.1. The number of rotatable bonds is 23. The van der Waals surface area contributed by atoms with Crippen molar-refractivity contribution < 1.29 is 47.7 Å². The van der Waals surface area contributed by atoms with Crippen molar-refractivity contribution in [3.8, 4) is 0 Å². The van der Waals surface area contributed by atoms with Crippen LogP contribution < -0.4 is 21.3 Å². The number of esters is 1. The first-order valence-electron chi connectivity index (χ1n) is 22.6. The molecular formula is C47H74N8O10. The highest BCUT2D eigenvalue weighted by atomic mass is 16.6. The summed E-state index contributed by atoms with van der Waals surface area (Å²) in [5, 5.41) is 11.4. The molecule has 0 radical (unpaired) electrons. The smallest absolute Gasteiger partial charge is 0.407 e. The van der Waals surface area contributed by atoms with E-state index in [-0.39, 0.29) is 61.2 Å². The predicted molar refractivity (Wildman–Crippen MR) is 246 cm³/mol. The van der Waals surface area contributed by atoms with Crippen LogP contribution in [0.4, 0.5) is 10.7 Å². The zero-order valence-electron chi connectivity index (χ0n) is 40.7. The van der Waals surface area contributed by atoms with Gasteiger partial charge in [-0.05, 0) is 64.0 Å². The summed E-state index contributed by atoms with van der Waals surface area (Å²) in [6.07, 6.45) is 0.228. The van der Waals surface area contributed by atoms with Crippen LogP contribution in [0.15, 0.2) is 36.4 Å². The fraction of sp³-hybridized carbons (Fsp3) is 0.660. The molecule has 18 heteroatoms. The lowest BCUT2D eigenvalue weighted by Crippen LogP contribution is -2.56. The Labute approximate surface area is 385 Å². The molecule has 2 heterocycles. The van der Waals surface area contributed by atoms with Gasteiger partial charge in [0.2, 0.25) is 23.7 Å². The van der Waals surface area contributed by atoms with Crippen LogP contribution in [0.25, 0.3) is 0 Å². The molecule has 8 atom stereocenters. The predicted octanol–water partition coefficient (Wildman–Crippen LogP) is 4.30. The number of benzene rings is 1. The Bertz CT molecular complexity index is 1890. The van der Waals surface area contributed by atoms with Crippen LogP contribution in [-0.4, -0.2) is 145 Å². The number of methoxy groups -OCH3 is 3. The Morgan fingerprint density at radius 2 is 1.60 bits per heavy atom. The highest BCUT2D eigenvalue weighted by Crippen LogP contribution is 2.30. The van der Waals surface area contributed by atoms with Crippen molar-refractivity contribution in [2.75, 3.05) is 53.3 Å². The lowest BCUT2D eigenvalue weighted by molar-refractivity contribution is -0.148. The van der Waals surface area contributed by atoms with Crippen LogP contribution in [0.2, 0.25) is 0 Å². The van der Waals surface area contributed by atoms with Gasteiger partial charge in [0.1, 0.15) is 23.4 Å². The number of likely N-dealkylation sites (N-methyl/N-ethyl adjacent to an activating group) is 1. The number of ether oxygens (including phenoxy) is 4. The van der Waals surface area contributed by atoms with Gasteiger partial charge in [-0.25, -0.2) is 19.6 Å². The molecule has 5 amide bonds. The average Bonchev–Trinajstić information content (AvgIpc) is 3.75.